The molecule has 0 unspecified atom stereocenters. The molecule has 2 aromatic carbocycles. The molecule has 4 rings (SSSR count). The van der Waals surface area contributed by atoms with Crippen molar-refractivity contribution in [2.75, 3.05) is 12.9 Å². The van der Waals surface area contributed by atoms with Crippen LogP contribution in [0.4, 0.5) is 0 Å². The summed E-state index contributed by atoms with van der Waals surface area (Å²) >= 11 is 6.62. The predicted molar refractivity (Wildman–Crippen MR) is 130 cm³/mol. The molecule has 0 amide bonds. The van der Waals surface area contributed by atoms with Crippen LogP contribution in [0.3, 0.4) is 0 Å². The molecule has 0 bridgehead atoms. The Morgan fingerprint density at radius 3 is 2.65 bits per heavy atom. The van der Waals surface area contributed by atoms with Gasteiger partial charge in [-0.2, -0.15) is 0 Å². The third kappa shape index (κ3) is 5.08. The molecule has 0 fully saturated rings. The topological polar surface area (TPSA) is 57.0 Å². The molecule has 4 aromatic rings. The Labute approximate surface area is 197 Å². The van der Waals surface area contributed by atoms with Crippen molar-refractivity contribution in [3.8, 4) is 22.1 Å². The van der Waals surface area contributed by atoms with Crippen LogP contribution in [0.2, 0.25) is 0 Å². The van der Waals surface area contributed by atoms with Gasteiger partial charge in [0.25, 0.3) is 0 Å². The van der Waals surface area contributed by atoms with Gasteiger partial charge in [-0.1, -0.05) is 58.0 Å². The van der Waals surface area contributed by atoms with Crippen LogP contribution in [0.25, 0.3) is 16.4 Å². The third-order valence-electron chi connectivity index (χ3n) is 4.65. The second-order valence-electron chi connectivity index (χ2n) is 6.67. The Morgan fingerprint density at radius 2 is 1.90 bits per heavy atom. The van der Waals surface area contributed by atoms with Crippen LogP contribution in [-0.4, -0.2) is 33.4 Å². The third-order valence-corrected chi connectivity index (χ3v) is 7.06. The number of rotatable bonds is 9. The van der Waals surface area contributed by atoms with Crippen molar-refractivity contribution in [3.05, 3.63) is 76.1 Å². The van der Waals surface area contributed by atoms with E-state index in [0.717, 1.165) is 49.5 Å². The fourth-order valence-electron chi connectivity index (χ4n) is 3.14. The van der Waals surface area contributed by atoms with Gasteiger partial charge in [0.1, 0.15) is 5.75 Å². The lowest BCUT2D eigenvalue weighted by atomic mass is 10.1. The number of carbonyl (C=O) groups is 1. The SMILES string of the molecule is COc1ccccc1-n1c(SCCCC(=O)c2ccc(Br)cc2)nnc1-c1cccs1. The van der Waals surface area contributed by atoms with E-state index in [1.165, 1.54) is 0 Å². The highest BCUT2D eigenvalue weighted by Crippen LogP contribution is 2.34. The molecule has 0 aliphatic rings. The van der Waals surface area contributed by atoms with E-state index in [1.54, 1.807) is 30.2 Å². The molecule has 0 aliphatic carbocycles. The van der Waals surface area contributed by atoms with Gasteiger partial charge in [0.05, 0.1) is 17.7 Å². The van der Waals surface area contributed by atoms with Gasteiger partial charge in [0.2, 0.25) is 0 Å². The first kappa shape index (κ1) is 21.8. The molecule has 0 spiro atoms. The lowest BCUT2D eigenvalue weighted by molar-refractivity contribution is 0.0982. The van der Waals surface area contributed by atoms with Crippen LogP contribution in [0, 0.1) is 0 Å². The van der Waals surface area contributed by atoms with E-state index in [-0.39, 0.29) is 5.78 Å². The van der Waals surface area contributed by atoms with Gasteiger partial charge in [-0.3, -0.25) is 9.36 Å². The summed E-state index contributed by atoms with van der Waals surface area (Å²) in [5.41, 5.74) is 1.64. The first-order chi connectivity index (χ1) is 15.2. The number of carbonyl (C=O) groups excluding carboxylic acids is 1. The maximum Gasteiger partial charge on any atom is 0.196 e. The molecule has 5 nitrogen and oxygen atoms in total. The molecule has 2 heterocycles. The molecule has 31 heavy (non-hydrogen) atoms. The minimum absolute atomic E-state index is 0.151. The van der Waals surface area contributed by atoms with Crippen molar-refractivity contribution in [1.29, 1.82) is 0 Å². The van der Waals surface area contributed by atoms with E-state index < -0.39 is 0 Å². The van der Waals surface area contributed by atoms with E-state index in [2.05, 4.69) is 26.1 Å². The molecule has 0 aliphatic heterocycles. The quantitative estimate of drug-likeness (QED) is 0.145. The van der Waals surface area contributed by atoms with Crippen molar-refractivity contribution in [1.82, 2.24) is 14.8 Å². The number of benzene rings is 2. The molecule has 158 valence electrons. The van der Waals surface area contributed by atoms with Crippen LogP contribution in [0.5, 0.6) is 5.75 Å². The van der Waals surface area contributed by atoms with Crippen LogP contribution in [0.1, 0.15) is 23.2 Å². The zero-order valence-electron chi connectivity index (χ0n) is 16.8. The largest absolute Gasteiger partial charge is 0.495 e. The smallest absolute Gasteiger partial charge is 0.196 e. The lowest BCUT2D eigenvalue weighted by Crippen LogP contribution is -2.03. The molecule has 0 N–H and O–H groups in total. The van der Waals surface area contributed by atoms with Crippen LogP contribution < -0.4 is 4.74 Å². The van der Waals surface area contributed by atoms with Gasteiger partial charge >= 0.3 is 0 Å². The molecular formula is C23H20BrN3O2S2. The van der Waals surface area contributed by atoms with E-state index in [0.29, 0.717) is 6.42 Å². The summed E-state index contributed by atoms with van der Waals surface area (Å²) < 4.78 is 8.58. The Bertz CT molecular complexity index is 1160. The average Bonchev–Trinajstić information content (AvgIpc) is 3.47. The van der Waals surface area contributed by atoms with Gasteiger partial charge in [-0.15, -0.1) is 21.5 Å². The van der Waals surface area contributed by atoms with Crippen molar-refractivity contribution in [2.24, 2.45) is 0 Å². The number of aromatic nitrogens is 3. The molecule has 0 saturated heterocycles. The number of halogens is 1. The second-order valence-corrected chi connectivity index (χ2v) is 9.60. The van der Waals surface area contributed by atoms with Crippen molar-refractivity contribution >= 4 is 44.8 Å². The minimum atomic E-state index is 0.151. The Kier molecular flexibility index (Phi) is 7.21. The summed E-state index contributed by atoms with van der Waals surface area (Å²) in [6.07, 6.45) is 1.25. The number of thioether (sulfide) groups is 1. The van der Waals surface area contributed by atoms with Crippen LogP contribution in [0.15, 0.2) is 75.7 Å². The predicted octanol–water partition coefficient (Wildman–Crippen LogP) is 6.52. The number of nitrogens with zero attached hydrogens (tertiary/aromatic N) is 3. The number of Topliss-reactive ketones (excluding diaryl/α,β-unsaturated/α-hetero) is 1. The van der Waals surface area contributed by atoms with Gasteiger partial charge in [-0.05, 0) is 42.1 Å². The van der Waals surface area contributed by atoms with Crippen molar-refractivity contribution in [2.45, 2.75) is 18.0 Å². The number of thiophene rings is 1. The fourth-order valence-corrected chi connectivity index (χ4v) is 4.98. The fraction of sp³-hybridized carbons (Fsp3) is 0.174. The zero-order valence-corrected chi connectivity index (χ0v) is 20.0. The summed E-state index contributed by atoms with van der Waals surface area (Å²) in [6.45, 7) is 0. The van der Waals surface area contributed by atoms with E-state index in [4.69, 9.17) is 4.74 Å². The first-order valence-corrected chi connectivity index (χ1v) is 12.4. The average molecular weight is 514 g/mol. The number of hydrogen-bond donors (Lipinski definition) is 0. The van der Waals surface area contributed by atoms with E-state index >= 15 is 0 Å². The van der Waals surface area contributed by atoms with Crippen molar-refractivity contribution in [3.63, 3.8) is 0 Å². The standard InChI is InChI=1S/C23H20BrN3O2S2/c1-29-20-8-3-2-6-18(20)27-22(21-9-5-14-30-21)25-26-23(27)31-15-4-7-19(28)16-10-12-17(24)13-11-16/h2-3,5-6,8-14H,4,7,15H2,1H3. The molecule has 2 aromatic heterocycles. The highest BCUT2D eigenvalue weighted by molar-refractivity contribution is 9.10. The van der Waals surface area contributed by atoms with E-state index in [9.17, 15) is 4.79 Å². The molecule has 0 radical (unpaired) electrons. The Hall–Kier alpha value is -2.42. The summed E-state index contributed by atoms with van der Waals surface area (Å²) in [7, 11) is 1.66. The molecular weight excluding hydrogens is 494 g/mol. The summed E-state index contributed by atoms with van der Waals surface area (Å²) in [5, 5.41) is 11.7. The van der Waals surface area contributed by atoms with Crippen LogP contribution in [-0.2, 0) is 0 Å². The number of ketones is 1. The molecule has 8 heteroatoms. The number of para-hydroxylation sites is 2. The van der Waals surface area contributed by atoms with Gasteiger partial charge in [0, 0.05) is 22.2 Å². The van der Waals surface area contributed by atoms with Gasteiger partial charge in [0.15, 0.2) is 16.8 Å². The van der Waals surface area contributed by atoms with Crippen molar-refractivity contribution < 1.29 is 9.53 Å². The second kappa shape index (κ2) is 10.3. The number of methoxy groups -OCH3 is 1. The normalized spacial score (nSPS) is 10.9. The summed E-state index contributed by atoms with van der Waals surface area (Å²) in [6, 6.07) is 19.4. The monoisotopic (exact) mass is 513 g/mol. The van der Waals surface area contributed by atoms with E-state index in [1.807, 2.05) is 70.6 Å². The van der Waals surface area contributed by atoms with Crippen LogP contribution >= 0.6 is 39.0 Å². The summed E-state index contributed by atoms with van der Waals surface area (Å²) in [4.78, 5) is 13.5. The maximum absolute atomic E-state index is 12.4. The highest BCUT2D eigenvalue weighted by atomic mass is 79.9. The zero-order chi connectivity index (χ0) is 21.6. The number of ether oxygens (including phenoxy) is 1. The Balaban J connectivity index is 1.51. The first-order valence-electron chi connectivity index (χ1n) is 9.71. The summed E-state index contributed by atoms with van der Waals surface area (Å²) in [5.74, 6) is 2.46. The molecule has 0 saturated carbocycles. The maximum atomic E-state index is 12.4. The molecule has 0 atom stereocenters. The Morgan fingerprint density at radius 1 is 1.10 bits per heavy atom. The van der Waals surface area contributed by atoms with Gasteiger partial charge in [-0.25, -0.2) is 0 Å². The lowest BCUT2D eigenvalue weighted by Gasteiger charge is -2.13. The highest BCUT2D eigenvalue weighted by Gasteiger charge is 2.19. The minimum Gasteiger partial charge on any atom is -0.495 e. The van der Waals surface area contributed by atoms with Gasteiger partial charge < -0.3 is 4.74 Å². The number of hydrogen-bond acceptors (Lipinski definition) is 6.